The van der Waals surface area contributed by atoms with E-state index in [0.717, 1.165) is 31.5 Å². The van der Waals surface area contributed by atoms with E-state index in [4.69, 9.17) is 5.11 Å². The van der Waals surface area contributed by atoms with E-state index >= 15 is 0 Å². The lowest BCUT2D eigenvalue weighted by molar-refractivity contribution is 0.217. The molecule has 1 aromatic rings. The maximum Gasteiger partial charge on any atom is 0.123 e. The standard InChI is InChI=1S/C15H22FNO/c1-15(2)9-7-12(8-10-18)11-17(15)14-5-3-13(16)4-6-14/h3-6,12,18H,7-11H2,1-2H3. The van der Waals surface area contributed by atoms with Gasteiger partial charge in [0.05, 0.1) is 0 Å². The van der Waals surface area contributed by atoms with Crippen molar-refractivity contribution >= 4 is 5.69 Å². The number of halogens is 1. The highest BCUT2D eigenvalue weighted by atomic mass is 19.1. The first kappa shape index (κ1) is 13.3. The zero-order valence-electron chi connectivity index (χ0n) is 11.2. The number of nitrogens with zero attached hydrogens (tertiary/aromatic N) is 1. The molecule has 1 heterocycles. The predicted octanol–water partition coefficient (Wildman–Crippen LogP) is 3.20. The minimum absolute atomic E-state index is 0.101. The van der Waals surface area contributed by atoms with Crippen LogP contribution in [0.4, 0.5) is 10.1 Å². The van der Waals surface area contributed by atoms with Crippen molar-refractivity contribution in [1.29, 1.82) is 0 Å². The van der Waals surface area contributed by atoms with Gasteiger partial charge in [0, 0.05) is 24.4 Å². The maximum atomic E-state index is 13.0. The molecule has 1 fully saturated rings. The Hall–Kier alpha value is -1.09. The van der Waals surface area contributed by atoms with Gasteiger partial charge in [-0.3, -0.25) is 0 Å². The summed E-state index contributed by atoms with van der Waals surface area (Å²) in [6.07, 6.45) is 3.12. The quantitative estimate of drug-likeness (QED) is 0.891. The largest absolute Gasteiger partial charge is 0.396 e. The molecule has 1 atom stereocenters. The van der Waals surface area contributed by atoms with E-state index in [1.165, 1.54) is 12.1 Å². The van der Waals surface area contributed by atoms with Gasteiger partial charge >= 0.3 is 0 Å². The van der Waals surface area contributed by atoms with E-state index in [9.17, 15) is 4.39 Å². The fourth-order valence-electron chi connectivity index (χ4n) is 2.78. The molecule has 2 rings (SSSR count). The van der Waals surface area contributed by atoms with Crippen LogP contribution in [0.5, 0.6) is 0 Å². The highest BCUT2D eigenvalue weighted by Crippen LogP contribution is 2.35. The van der Waals surface area contributed by atoms with Gasteiger partial charge in [-0.25, -0.2) is 4.39 Å². The Kier molecular flexibility index (Phi) is 3.91. The van der Waals surface area contributed by atoms with Crippen molar-refractivity contribution in [3.8, 4) is 0 Å². The van der Waals surface area contributed by atoms with Crippen molar-refractivity contribution in [2.75, 3.05) is 18.1 Å². The summed E-state index contributed by atoms with van der Waals surface area (Å²) >= 11 is 0. The van der Waals surface area contributed by atoms with E-state index in [-0.39, 0.29) is 18.0 Å². The third kappa shape index (κ3) is 2.83. The number of hydrogen-bond acceptors (Lipinski definition) is 2. The van der Waals surface area contributed by atoms with Crippen molar-refractivity contribution in [2.45, 2.75) is 38.6 Å². The molecule has 100 valence electrons. The van der Waals surface area contributed by atoms with Crippen molar-refractivity contribution < 1.29 is 9.50 Å². The van der Waals surface area contributed by atoms with Gasteiger partial charge in [0.15, 0.2) is 0 Å². The molecular formula is C15H22FNO. The predicted molar refractivity (Wildman–Crippen MR) is 72.3 cm³/mol. The topological polar surface area (TPSA) is 23.5 Å². The van der Waals surface area contributed by atoms with Gasteiger partial charge in [-0.2, -0.15) is 0 Å². The first-order chi connectivity index (χ1) is 8.53. The Morgan fingerprint density at radius 2 is 2.00 bits per heavy atom. The SMILES string of the molecule is CC1(C)CCC(CCO)CN1c1ccc(F)cc1. The molecule has 1 N–H and O–H groups in total. The monoisotopic (exact) mass is 251 g/mol. The zero-order chi connectivity index (χ0) is 13.2. The van der Waals surface area contributed by atoms with Crippen LogP contribution in [0.1, 0.15) is 33.1 Å². The fraction of sp³-hybridized carbons (Fsp3) is 0.600. The minimum Gasteiger partial charge on any atom is -0.396 e. The Balaban J connectivity index is 2.18. The fourth-order valence-corrected chi connectivity index (χ4v) is 2.78. The Bertz CT molecular complexity index is 388. The lowest BCUT2D eigenvalue weighted by Crippen LogP contribution is -2.50. The van der Waals surface area contributed by atoms with Crippen LogP contribution < -0.4 is 4.90 Å². The van der Waals surface area contributed by atoms with E-state index in [1.54, 1.807) is 0 Å². The van der Waals surface area contributed by atoms with Crippen LogP contribution >= 0.6 is 0 Å². The molecule has 0 amide bonds. The molecule has 1 saturated heterocycles. The summed E-state index contributed by atoms with van der Waals surface area (Å²) in [5.74, 6) is 0.341. The second-order valence-corrected chi connectivity index (χ2v) is 5.82. The number of aliphatic hydroxyl groups is 1. The number of anilines is 1. The summed E-state index contributed by atoms with van der Waals surface area (Å²) < 4.78 is 13.0. The average molecular weight is 251 g/mol. The van der Waals surface area contributed by atoms with Crippen LogP contribution in [0.2, 0.25) is 0 Å². The van der Waals surface area contributed by atoms with Crippen molar-refractivity contribution in [2.24, 2.45) is 5.92 Å². The Morgan fingerprint density at radius 3 is 2.61 bits per heavy atom. The van der Waals surface area contributed by atoms with Gasteiger partial charge in [-0.1, -0.05) is 0 Å². The second kappa shape index (κ2) is 5.27. The maximum absolute atomic E-state index is 13.0. The number of benzene rings is 1. The molecular weight excluding hydrogens is 229 g/mol. The molecule has 2 nitrogen and oxygen atoms in total. The molecule has 0 spiro atoms. The third-order valence-corrected chi connectivity index (χ3v) is 4.01. The number of rotatable bonds is 3. The molecule has 0 radical (unpaired) electrons. The first-order valence-corrected chi connectivity index (χ1v) is 6.67. The van der Waals surface area contributed by atoms with Gasteiger partial charge in [0.25, 0.3) is 0 Å². The molecule has 0 saturated carbocycles. The van der Waals surface area contributed by atoms with Gasteiger partial charge in [0.1, 0.15) is 5.82 Å². The molecule has 1 aromatic carbocycles. The van der Waals surface area contributed by atoms with Gasteiger partial charge in [0.2, 0.25) is 0 Å². The van der Waals surface area contributed by atoms with Crippen LogP contribution in [0.3, 0.4) is 0 Å². The molecule has 0 bridgehead atoms. The van der Waals surface area contributed by atoms with Gasteiger partial charge < -0.3 is 10.0 Å². The Morgan fingerprint density at radius 1 is 1.33 bits per heavy atom. The normalized spacial score (nSPS) is 23.1. The van der Waals surface area contributed by atoms with Gasteiger partial charge in [-0.05, 0) is 63.3 Å². The second-order valence-electron chi connectivity index (χ2n) is 5.82. The number of piperidine rings is 1. The van der Waals surface area contributed by atoms with Crippen LogP contribution in [0, 0.1) is 11.7 Å². The highest BCUT2D eigenvalue weighted by Gasteiger charge is 2.33. The number of aliphatic hydroxyl groups excluding tert-OH is 1. The van der Waals surface area contributed by atoms with Crippen molar-refractivity contribution in [1.82, 2.24) is 0 Å². The van der Waals surface area contributed by atoms with Gasteiger partial charge in [-0.15, -0.1) is 0 Å². The van der Waals surface area contributed by atoms with E-state index in [1.807, 2.05) is 12.1 Å². The smallest absolute Gasteiger partial charge is 0.123 e. The molecule has 18 heavy (non-hydrogen) atoms. The highest BCUT2D eigenvalue weighted by molar-refractivity contribution is 5.49. The summed E-state index contributed by atoms with van der Waals surface area (Å²) in [6, 6.07) is 6.72. The van der Waals surface area contributed by atoms with E-state index in [0.29, 0.717) is 5.92 Å². The van der Waals surface area contributed by atoms with Crippen LogP contribution in [-0.2, 0) is 0 Å². The molecule has 1 aliphatic rings. The average Bonchev–Trinajstić information content (AvgIpc) is 2.33. The molecule has 0 aromatic heterocycles. The van der Waals surface area contributed by atoms with Crippen LogP contribution in [0.25, 0.3) is 0 Å². The first-order valence-electron chi connectivity index (χ1n) is 6.67. The van der Waals surface area contributed by atoms with E-state index < -0.39 is 0 Å². The lowest BCUT2D eigenvalue weighted by atomic mass is 9.83. The van der Waals surface area contributed by atoms with Crippen LogP contribution in [0.15, 0.2) is 24.3 Å². The minimum atomic E-state index is -0.194. The van der Waals surface area contributed by atoms with Crippen molar-refractivity contribution in [3.05, 3.63) is 30.1 Å². The molecule has 0 aliphatic carbocycles. The molecule has 1 unspecified atom stereocenters. The summed E-state index contributed by atoms with van der Waals surface area (Å²) in [5.41, 5.74) is 1.17. The van der Waals surface area contributed by atoms with E-state index in [2.05, 4.69) is 18.7 Å². The third-order valence-electron chi connectivity index (χ3n) is 4.01. The summed E-state index contributed by atoms with van der Waals surface area (Å²) in [4.78, 5) is 2.34. The lowest BCUT2D eigenvalue weighted by Gasteiger charge is -2.47. The zero-order valence-corrected chi connectivity index (χ0v) is 11.2. The van der Waals surface area contributed by atoms with Crippen molar-refractivity contribution in [3.63, 3.8) is 0 Å². The molecule has 3 heteroatoms. The summed E-state index contributed by atoms with van der Waals surface area (Å²) in [6.45, 7) is 5.65. The Labute approximate surface area is 108 Å². The molecule has 1 aliphatic heterocycles. The van der Waals surface area contributed by atoms with Crippen LogP contribution in [-0.4, -0.2) is 23.8 Å². The summed E-state index contributed by atoms with van der Waals surface area (Å²) in [7, 11) is 0. The summed E-state index contributed by atoms with van der Waals surface area (Å²) in [5, 5.41) is 9.07. The number of hydrogen-bond donors (Lipinski definition) is 1.